The molecule has 0 unspecified atom stereocenters. The second-order valence-electron chi connectivity index (χ2n) is 4.40. The molecule has 2 aromatic rings. The minimum Gasteiger partial charge on any atom is -0.397 e. The van der Waals surface area contributed by atoms with Crippen molar-refractivity contribution in [1.29, 1.82) is 5.26 Å². The van der Waals surface area contributed by atoms with Crippen LogP contribution >= 0.6 is 0 Å². The summed E-state index contributed by atoms with van der Waals surface area (Å²) in [5, 5.41) is 20.2. The molecule has 21 heavy (non-hydrogen) atoms. The van der Waals surface area contributed by atoms with Crippen LogP contribution in [0.3, 0.4) is 0 Å². The number of allylic oxidation sites excluding steroid dienone is 1. The van der Waals surface area contributed by atoms with Crippen molar-refractivity contribution in [3.05, 3.63) is 69.5 Å². The summed E-state index contributed by atoms with van der Waals surface area (Å²) in [5.41, 5.74) is 8.24. The normalized spacial score (nSPS) is 11.4. The molecule has 0 atom stereocenters. The number of hydrogen-bond acceptors (Lipinski definition) is 5. The molecule has 0 saturated heterocycles. The number of non-ortho nitro benzene ring substituents is 1. The first-order chi connectivity index (χ1) is 10.0. The van der Waals surface area contributed by atoms with E-state index in [0.717, 1.165) is 5.56 Å². The van der Waals surface area contributed by atoms with Gasteiger partial charge in [0.25, 0.3) is 5.69 Å². The predicted molar refractivity (Wildman–Crippen MR) is 78.7 cm³/mol. The van der Waals surface area contributed by atoms with Crippen LogP contribution in [0.1, 0.15) is 16.7 Å². The van der Waals surface area contributed by atoms with E-state index in [1.54, 1.807) is 31.3 Å². The molecule has 6 nitrogen and oxygen atoms in total. The zero-order valence-electron chi connectivity index (χ0n) is 11.3. The van der Waals surface area contributed by atoms with E-state index in [1.807, 2.05) is 6.07 Å². The van der Waals surface area contributed by atoms with Gasteiger partial charge in [-0.1, -0.05) is 12.1 Å². The van der Waals surface area contributed by atoms with Gasteiger partial charge in [0.05, 0.1) is 16.2 Å². The van der Waals surface area contributed by atoms with E-state index in [-0.39, 0.29) is 17.0 Å². The molecular weight excluding hydrogens is 268 g/mol. The zero-order valence-corrected chi connectivity index (χ0v) is 11.3. The topological polar surface area (TPSA) is 106 Å². The van der Waals surface area contributed by atoms with Crippen LogP contribution in [-0.4, -0.2) is 9.91 Å². The fourth-order valence-electron chi connectivity index (χ4n) is 1.94. The first kappa shape index (κ1) is 14.2. The van der Waals surface area contributed by atoms with Gasteiger partial charge in [-0.25, -0.2) is 0 Å². The van der Waals surface area contributed by atoms with Gasteiger partial charge >= 0.3 is 0 Å². The number of nitro benzene ring substituents is 1. The van der Waals surface area contributed by atoms with Crippen LogP contribution in [0.2, 0.25) is 0 Å². The number of pyridine rings is 1. The van der Waals surface area contributed by atoms with Gasteiger partial charge in [0.1, 0.15) is 6.07 Å². The van der Waals surface area contributed by atoms with Gasteiger partial charge in [-0.15, -0.1) is 0 Å². The molecule has 1 aromatic carbocycles. The second-order valence-corrected chi connectivity index (χ2v) is 4.40. The summed E-state index contributed by atoms with van der Waals surface area (Å²) in [4.78, 5) is 14.3. The highest BCUT2D eigenvalue weighted by atomic mass is 16.6. The van der Waals surface area contributed by atoms with Crippen LogP contribution < -0.4 is 5.73 Å². The molecular formula is C15H12N4O2. The lowest BCUT2D eigenvalue weighted by atomic mass is 9.98. The molecule has 0 saturated carbocycles. The molecule has 0 aliphatic rings. The zero-order chi connectivity index (χ0) is 15.4. The number of benzene rings is 1. The second kappa shape index (κ2) is 5.84. The quantitative estimate of drug-likeness (QED) is 0.528. The molecule has 1 aromatic heterocycles. The highest BCUT2D eigenvalue weighted by Crippen LogP contribution is 2.26. The fraction of sp³-hybridized carbons (Fsp3) is 0.0667. The summed E-state index contributed by atoms with van der Waals surface area (Å²) in [5.74, 6) is 0. The highest BCUT2D eigenvalue weighted by Gasteiger charge is 2.14. The Morgan fingerprint density at radius 2 is 2.19 bits per heavy atom. The third-order valence-corrected chi connectivity index (χ3v) is 3.05. The Morgan fingerprint density at radius 1 is 1.43 bits per heavy atom. The van der Waals surface area contributed by atoms with Crippen LogP contribution in [0.25, 0.3) is 11.3 Å². The van der Waals surface area contributed by atoms with Crippen molar-refractivity contribution in [3.8, 4) is 6.07 Å². The van der Waals surface area contributed by atoms with Crippen molar-refractivity contribution < 1.29 is 4.92 Å². The van der Waals surface area contributed by atoms with Crippen molar-refractivity contribution in [1.82, 2.24) is 4.98 Å². The summed E-state index contributed by atoms with van der Waals surface area (Å²) in [6.45, 7) is 1.78. The number of rotatable bonds is 3. The van der Waals surface area contributed by atoms with E-state index in [2.05, 4.69) is 4.98 Å². The fourth-order valence-corrected chi connectivity index (χ4v) is 1.94. The van der Waals surface area contributed by atoms with Crippen LogP contribution in [-0.2, 0) is 0 Å². The molecule has 0 fully saturated rings. The number of nitriles is 1. The average Bonchev–Trinajstić information content (AvgIpc) is 2.49. The lowest BCUT2D eigenvalue weighted by Gasteiger charge is -2.09. The summed E-state index contributed by atoms with van der Waals surface area (Å²) in [7, 11) is 0. The number of nitrogens with zero attached hydrogens (tertiary/aromatic N) is 3. The molecule has 104 valence electrons. The van der Waals surface area contributed by atoms with Gasteiger partial charge in [0.2, 0.25) is 0 Å². The average molecular weight is 280 g/mol. The number of nitro groups is 1. The summed E-state index contributed by atoms with van der Waals surface area (Å²) >= 11 is 0. The maximum absolute atomic E-state index is 10.9. The monoisotopic (exact) mass is 280 g/mol. The van der Waals surface area contributed by atoms with E-state index in [9.17, 15) is 15.4 Å². The third kappa shape index (κ3) is 2.87. The lowest BCUT2D eigenvalue weighted by Crippen LogP contribution is -2.04. The molecule has 0 spiro atoms. The maximum atomic E-state index is 10.9. The molecule has 0 aliphatic heterocycles. The number of nitrogens with two attached hydrogens (primary N) is 1. The molecule has 0 radical (unpaired) electrons. The molecule has 0 bridgehead atoms. The molecule has 0 aliphatic carbocycles. The van der Waals surface area contributed by atoms with Gasteiger partial charge < -0.3 is 5.73 Å². The van der Waals surface area contributed by atoms with Crippen molar-refractivity contribution in [2.75, 3.05) is 0 Å². The Hall–Kier alpha value is -3.20. The van der Waals surface area contributed by atoms with Crippen molar-refractivity contribution in [2.45, 2.75) is 6.92 Å². The van der Waals surface area contributed by atoms with Crippen LogP contribution in [0.5, 0.6) is 0 Å². The Bertz CT molecular complexity index is 761. The smallest absolute Gasteiger partial charge is 0.270 e. The third-order valence-electron chi connectivity index (χ3n) is 3.05. The SMILES string of the molecule is Cc1ccc([N+](=O)[O-])cc1/C(N)=C(/C#N)c1cccnc1. The maximum Gasteiger partial charge on any atom is 0.270 e. The van der Waals surface area contributed by atoms with Crippen molar-refractivity contribution >= 4 is 17.0 Å². The Morgan fingerprint density at radius 3 is 2.76 bits per heavy atom. The molecule has 2 N–H and O–H groups in total. The number of aromatic nitrogens is 1. The van der Waals surface area contributed by atoms with Gasteiger partial charge in [-0.2, -0.15) is 5.26 Å². The van der Waals surface area contributed by atoms with Crippen molar-refractivity contribution in [3.63, 3.8) is 0 Å². The van der Waals surface area contributed by atoms with Crippen LogP contribution in [0.4, 0.5) is 5.69 Å². The predicted octanol–water partition coefficient (Wildman–Crippen LogP) is 2.65. The minimum atomic E-state index is -0.494. The van der Waals surface area contributed by atoms with E-state index in [1.165, 1.54) is 18.3 Å². The highest BCUT2D eigenvalue weighted by molar-refractivity contribution is 5.96. The molecule has 2 rings (SSSR count). The van der Waals surface area contributed by atoms with E-state index in [4.69, 9.17) is 5.73 Å². The molecule has 1 heterocycles. The standard InChI is InChI=1S/C15H12N4O2/c1-10-4-5-12(19(20)21)7-13(10)15(17)14(8-16)11-3-2-6-18-9-11/h2-7,9H,17H2,1H3/b15-14+. The van der Waals surface area contributed by atoms with Gasteiger partial charge in [-0.05, 0) is 18.6 Å². The summed E-state index contributed by atoms with van der Waals surface area (Å²) in [6.07, 6.45) is 3.12. The summed E-state index contributed by atoms with van der Waals surface area (Å²) < 4.78 is 0. The van der Waals surface area contributed by atoms with Gasteiger partial charge in [0, 0.05) is 35.7 Å². The van der Waals surface area contributed by atoms with Crippen molar-refractivity contribution in [2.24, 2.45) is 5.73 Å². The van der Waals surface area contributed by atoms with E-state index in [0.29, 0.717) is 11.1 Å². The molecule has 6 heteroatoms. The number of hydrogen-bond donors (Lipinski definition) is 1. The van der Waals surface area contributed by atoms with Crippen LogP contribution in [0, 0.1) is 28.4 Å². The Kier molecular flexibility index (Phi) is 3.95. The first-order valence-electron chi connectivity index (χ1n) is 6.10. The van der Waals surface area contributed by atoms with E-state index >= 15 is 0 Å². The lowest BCUT2D eigenvalue weighted by molar-refractivity contribution is -0.384. The van der Waals surface area contributed by atoms with Gasteiger partial charge in [0.15, 0.2) is 0 Å². The Labute approximate surface area is 121 Å². The Balaban J connectivity index is 2.64. The minimum absolute atomic E-state index is 0.0676. The van der Waals surface area contributed by atoms with E-state index < -0.39 is 4.92 Å². The first-order valence-corrected chi connectivity index (χ1v) is 6.10. The largest absolute Gasteiger partial charge is 0.397 e. The molecule has 0 amide bonds. The summed E-state index contributed by atoms with van der Waals surface area (Å²) in [6, 6.07) is 9.83. The number of aryl methyl sites for hydroxylation is 1. The van der Waals surface area contributed by atoms with Crippen LogP contribution in [0.15, 0.2) is 42.7 Å². The van der Waals surface area contributed by atoms with Gasteiger partial charge in [-0.3, -0.25) is 15.1 Å².